The highest BCUT2D eigenvalue weighted by Crippen LogP contribution is 2.48. The second-order valence-corrected chi connectivity index (χ2v) is 5.14. The lowest BCUT2D eigenvalue weighted by Crippen LogP contribution is -2.36. The number of likely N-dealkylation sites (N-methyl/N-ethyl adjacent to an activating group) is 1. The van der Waals surface area contributed by atoms with Crippen LogP contribution in [-0.4, -0.2) is 18.2 Å². The van der Waals surface area contributed by atoms with Crippen molar-refractivity contribution in [2.24, 2.45) is 0 Å². The van der Waals surface area contributed by atoms with Gasteiger partial charge in [-0.3, -0.25) is 0 Å². The molecule has 2 aliphatic heterocycles. The molecule has 0 saturated heterocycles. The van der Waals surface area contributed by atoms with Crippen LogP contribution in [0.5, 0.6) is 0 Å². The maximum Gasteiger partial charge on any atom is 0.158 e. The predicted molar refractivity (Wildman–Crippen MR) is 73.5 cm³/mol. The minimum absolute atomic E-state index is 0.395. The first kappa shape index (κ1) is 9.95. The molecule has 1 aromatic carbocycles. The average Bonchev–Trinajstić information content (AvgIpc) is 2.87. The van der Waals surface area contributed by atoms with Gasteiger partial charge in [0.2, 0.25) is 0 Å². The van der Waals surface area contributed by atoms with Gasteiger partial charge in [-0.2, -0.15) is 0 Å². The van der Waals surface area contributed by atoms with Crippen LogP contribution in [-0.2, 0) is 6.42 Å². The molecule has 1 aromatic heterocycles. The number of aryl methyl sites for hydroxylation is 1. The lowest BCUT2D eigenvalue weighted by atomic mass is 10.1. The molecular weight excluding hydrogens is 222 g/mol. The largest absolute Gasteiger partial charge is 0.351 e. The highest BCUT2D eigenvalue weighted by Gasteiger charge is 2.41. The number of rotatable bonds is 0. The van der Waals surface area contributed by atoms with Crippen LogP contribution in [0.25, 0.3) is 0 Å². The predicted octanol–water partition coefficient (Wildman–Crippen LogP) is 2.86. The standard InChI is InChI=1S/C15H15N3/c1-10-5-6-11-9-14-17(2)12-4-3-7-16-15(12)18(14)13(11)8-10/h3-8,14H,9H2,1-2H3. The summed E-state index contributed by atoms with van der Waals surface area (Å²) < 4.78 is 0. The number of nitrogens with zero attached hydrogens (tertiary/aromatic N) is 3. The number of fused-ring (bicyclic) bond motifs is 5. The van der Waals surface area contributed by atoms with Crippen LogP contribution < -0.4 is 9.80 Å². The third kappa shape index (κ3) is 1.11. The van der Waals surface area contributed by atoms with Crippen molar-refractivity contribution in [2.75, 3.05) is 16.8 Å². The Morgan fingerprint density at radius 1 is 1.22 bits per heavy atom. The Morgan fingerprint density at radius 2 is 2.11 bits per heavy atom. The van der Waals surface area contributed by atoms with E-state index in [0.29, 0.717) is 6.17 Å². The highest BCUT2D eigenvalue weighted by molar-refractivity contribution is 5.84. The topological polar surface area (TPSA) is 19.4 Å². The van der Waals surface area contributed by atoms with E-state index < -0.39 is 0 Å². The third-order valence-electron chi connectivity index (χ3n) is 4.02. The lowest BCUT2D eigenvalue weighted by molar-refractivity contribution is 0.702. The molecule has 2 aliphatic rings. The van der Waals surface area contributed by atoms with E-state index in [4.69, 9.17) is 0 Å². The fraction of sp³-hybridized carbons (Fsp3) is 0.267. The SMILES string of the molecule is Cc1ccc2c(c1)N1c3ncccc3N(C)C1C2. The zero-order valence-electron chi connectivity index (χ0n) is 10.6. The van der Waals surface area contributed by atoms with Gasteiger partial charge in [-0.05, 0) is 36.2 Å². The van der Waals surface area contributed by atoms with Crippen molar-refractivity contribution in [3.8, 4) is 0 Å². The molecule has 0 N–H and O–H groups in total. The zero-order valence-corrected chi connectivity index (χ0v) is 10.6. The van der Waals surface area contributed by atoms with Gasteiger partial charge in [0, 0.05) is 25.4 Å². The van der Waals surface area contributed by atoms with Gasteiger partial charge in [0.25, 0.3) is 0 Å². The lowest BCUT2D eigenvalue weighted by Gasteiger charge is -2.23. The Morgan fingerprint density at radius 3 is 3.00 bits per heavy atom. The molecule has 1 unspecified atom stereocenters. The molecule has 0 bridgehead atoms. The third-order valence-corrected chi connectivity index (χ3v) is 4.02. The number of hydrogen-bond donors (Lipinski definition) is 0. The van der Waals surface area contributed by atoms with Crippen molar-refractivity contribution in [1.82, 2.24) is 4.98 Å². The Balaban J connectivity index is 1.94. The Kier molecular flexibility index (Phi) is 1.80. The summed E-state index contributed by atoms with van der Waals surface area (Å²) in [6.07, 6.45) is 3.34. The van der Waals surface area contributed by atoms with Crippen molar-refractivity contribution < 1.29 is 0 Å². The van der Waals surface area contributed by atoms with E-state index in [1.165, 1.54) is 22.5 Å². The van der Waals surface area contributed by atoms with Gasteiger partial charge < -0.3 is 9.80 Å². The van der Waals surface area contributed by atoms with E-state index >= 15 is 0 Å². The summed E-state index contributed by atoms with van der Waals surface area (Å²) in [7, 11) is 2.16. The molecule has 18 heavy (non-hydrogen) atoms. The number of aromatic nitrogens is 1. The molecule has 0 spiro atoms. The smallest absolute Gasteiger partial charge is 0.158 e. The number of hydrogen-bond acceptors (Lipinski definition) is 3. The van der Waals surface area contributed by atoms with Gasteiger partial charge in [-0.15, -0.1) is 0 Å². The van der Waals surface area contributed by atoms with E-state index in [1.807, 2.05) is 12.3 Å². The summed E-state index contributed by atoms with van der Waals surface area (Å²) in [5.74, 6) is 1.09. The first-order chi connectivity index (χ1) is 8.75. The van der Waals surface area contributed by atoms with E-state index in [0.717, 1.165) is 12.2 Å². The summed E-state index contributed by atoms with van der Waals surface area (Å²) >= 11 is 0. The van der Waals surface area contributed by atoms with Crippen LogP contribution in [0.1, 0.15) is 11.1 Å². The van der Waals surface area contributed by atoms with Gasteiger partial charge in [0.15, 0.2) is 5.82 Å². The summed E-state index contributed by atoms with van der Waals surface area (Å²) in [4.78, 5) is 9.27. The molecular formula is C15H15N3. The van der Waals surface area contributed by atoms with Gasteiger partial charge >= 0.3 is 0 Å². The Bertz CT molecular complexity index is 635. The molecule has 0 aliphatic carbocycles. The van der Waals surface area contributed by atoms with Crippen molar-refractivity contribution in [1.29, 1.82) is 0 Å². The number of benzene rings is 1. The first-order valence-electron chi connectivity index (χ1n) is 6.32. The van der Waals surface area contributed by atoms with Crippen LogP contribution >= 0.6 is 0 Å². The van der Waals surface area contributed by atoms with Crippen LogP contribution in [0.2, 0.25) is 0 Å². The second-order valence-electron chi connectivity index (χ2n) is 5.14. The van der Waals surface area contributed by atoms with Crippen molar-refractivity contribution >= 4 is 17.2 Å². The molecule has 2 aromatic rings. The van der Waals surface area contributed by atoms with E-state index in [2.05, 4.69) is 53.0 Å². The van der Waals surface area contributed by atoms with Gasteiger partial charge in [-0.25, -0.2) is 4.98 Å². The monoisotopic (exact) mass is 237 g/mol. The summed E-state index contributed by atoms with van der Waals surface area (Å²) in [6.45, 7) is 2.15. The van der Waals surface area contributed by atoms with Crippen LogP contribution in [0.15, 0.2) is 36.5 Å². The molecule has 0 radical (unpaired) electrons. The molecule has 3 heterocycles. The van der Waals surface area contributed by atoms with E-state index in [-0.39, 0.29) is 0 Å². The number of pyridine rings is 1. The fourth-order valence-corrected chi connectivity index (χ4v) is 3.09. The second kappa shape index (κ2) is 3.25. The quantitative estimate of drug-likeness (QED) is 0.702. The zero-order chi connectivity index (χ0) is 12.3. The van der Waals surface area contributed by atoms with Gasteiger partial charge in [0.05, 0.1) is 5.69 Å². The van der Waals surface area contributed by atoms with Crippen molar-refractivity contribution in [2.45, 2.75) is 19.5 Å². The molecule has 0 saturated carbocycles. The molecule has 3 heteroatoms. The van der Waals surface area contributed by atoms with Gasteiger partial charge in [0.1, 0.15) is 6.17 Å². The summed E-state index contributed by atoms with van der Waals surface area (Å²) in [5.41, 5.74) is 5.29. The average molecular weight is 237 g/mol. The molecule has 0 fully saturated rings. The fourth-order valence-electron chi connectivity index (χ4n) is 3.09. The maximum absolute atomic E-state index is 4.57. The van der Waals surface area contributed by atoms with Crippen molar-refractivity contribution in [3.63, 3.8) is 0 Å². The Hall–Kier alpha value is -2.03. The van der Waals surface area contributed by atoms with Gasteiger partial charge in [-0.1, -0.05) is 12.1 Å². The molecule has 3 nitrogen and oxygen atoms in total. The molecule has 4 rings (SSSR count). The minimum Gasteiger partial charge on any atom is -0.351 e. The van der Waals surface area contributed by atoms with E-state index in [9.17, 15) is 0 Å². The maximum atomic E-state index is 4.57. The summed E-state index contributed by atoms with van der Waals surface area (Å²) in [5, 5.41) is 0. The minimum atomic E-state index is 0.395. The normalized spacial score (nSPS) is 19.8. The van der Waals surface area contributed by atoms with Crippen LogP contribution in [0, 0.1) is 6.92 Å². The molecule has 90 valence electrons. The highest BCUT2D eigenvalue weighted by atomic mass is 15.4. The first-order valence-corrected chi connectivity index (χ1v) is 6.32. The van der Waals surface area contributed by atoms with Crippen LogP contribution in [0.4, 0.5) is 17.2 Å². The summed E-state index contributed by atoms with van der Waals surface area (Å²) in [6, 6.07) is 10.9. The molecule has 0 amide bonds. The number of anilines is 3. The van der Waals surface area contributed by atoms with Crippen molar-refractivity contribution in [3.05, 3.63) is 47.7 Å². The van der Waals surface area contributed by atoms with Crippen LogP contribution in [0.3, 0.4) is 0 Å². The van der Waals surface area contributed by atoms with E-state index in [1.54, 1.807) is 0 Å². The Labute approximate surface area is 107 Å². The molecule has 1 atom stereocenters.